The Balaban J connectivity index is 1.27. The fraction of sp³-hybridized carbons (Fsp3) is 0.478. The number of hydrogen-bond donors (Lipinski definition) is 0. The predicted octanol–water partition coefficient (Wildman–Crippen LogP) is 3.69. The van der Waals surface area contributed by atoms with E-state index in [1.807, 2.05) is 19.1 Å². The van der Waals surface area contributed by atoms with Crippen LogP contribution in [0.1, 0.15) is 65.5 Å². The molecule has 0 aromatic carbocycles. The molecule has 1 aliphatic heterocycles. The van der Waals surface area contributed by atoms with Crippen LogP contribution in [0.25, 0.3) is 11.4 Å². The first-order valence-electron chi connectivity index (χ1n) is 11.0. The molecule has 3 aromatic rings. The highest BCUT2D eigenvalue weighted by Crippen LogP contribution is 2.44. The van der Waals surface area contributed by atoms with E-state index in [0.717, 1.165) is 55.9 Å². The van der Waals surface area contributed by atoms with E-state index >= 15 is 0 Å². The fourth-order valence-electron chi connectivity index (χ4n) is 3.86. The minimum absolute atomic E-state index is 0.00577. The number of rotatable bonds is 8. The molecule has 4 heterocycles. The molecule has 2 aliphatic rings. The lowest BCUT2D eigenvalue weighted by molar-refractivity contribution is 0.0599. The third-order valence-corrected chi connectivity index (χ3v) is 5.91. The van der Waals surface area contributed by atoms with E-state index in [-0.39, 0.29) is 12.4 Å². The molecule has 32 heavy (non-hydrogen) atoms. The van der Waals surface area contributed by atoms with Gasteiger partial charge in [0, 0.05) is 31.6 Å². The Hall–Kier alpha value is -3.20. The molecule has 0 atom stereocenters. The number of ketones is 1. The van der Waals surface area contributed by atoms with E-state index in [1.54, 1.807) is 12.1 Å². The summed E-state index contributed by atoms with van der Waals surface area (Å²) < 4.78 is 16.9. The molecule has 0 unspecified atom stereocenters. The number of carbonyl (C=O) groups excluding carboxylic acids is 1. The molecule has 0 spiro atoms. The molecular weight excluding hydrogens is 410 g/mol. The van der Waals surface area contributed by atoms with Gasteiger partial charge in [-0.05, 0) is 56.7 Å². The van der Waals surface area contributed by atoms with Crippen LogP contribution >= 0.6 is 0 Å². The first kappa shape index (κ1) is 20.7. The maximum Gasteiger partial charge on any atom is 0.233 e. The maximum absolute atomic E-state index is 12.5. The summed E-state index contributed by atoms with van der Waals surface area (Å²) in [7, 11) is 0. The number of ether oxygens (including phenoxy) is 2. The van der Waals surface area contributed by atoms with E-state index in [2.05, 4.69) is 25.6 Å². The third kappa shape index (κ3) is 4.67. The third-order valence-electron chi connectivity index (χ3n) is 5.91. The molecule has 1 saturated carbocycles. The number of nitrogens with zero attached hydrogens (tertiary/aromatic N) is 5. The number of aryl methyl sites for hydroxylation is 1. The summed E-state index contributed by atoms with van der Waals surface area (Å²) >= 11 is 0. The summed E-state index contributed by atoms with van der Waals surface area (Å²) in [5, 5.41) is 20.8. The number of Topliss-reactive ketones (excluding diaryl/α,β-unsaturated/α-hetero) is 1. The molecular formula is C23H25N5O4. The summed E-state index contributed by atoms with van der Waals surface area (Å²) in [4.78, 5) is 12.5. The van der Waals surface area contributed by atoms with E-state index in [1.165, 1.54) is 0 Å². The summed E-state index contributed by atoms with van der Waals surface area (Å²) in [5.74, 6) is 1.90. The first-order valence-corrected chi connectivity index (χ1v) is 11.0. The highest BCUT2D eigenvalue weighted by atomic mass is 16.5. The van der Waals surface area contributed by atoms with Crippen LogP contribution in [-0.4, -0.2) is 44.5 Å². The second-order valence-electron chi connectivity index (χ2n) is 8.44. The molecule has 5 rings (SSSR count). The minimum Gasteiger partial charge on any atom is -0.472 e. The quantitative estimate of drug-likeness (QED) is 0.489. The molecule has 3 aromatic heterocycles. The van der Waals surface area contributed by atoms with E-state index in [0.29, 0.717) is 41.2 Å². The van der Waals surface area contributed by atoms with Crippen molar-refractivity contribution in [2.75, 3.05) is 13.2 Å². The molecule has 166 valence electrons. The summed E-state index contributed by atoms with van der Waals surface area (Å²) in [6.45, 7) is 3.55. The molecule has 9 heteroatoms. The van der Waals surface area contributed by atoms with Crippen LogP contribution in [0.2, 0.25) is 0 Å². The normalized spacial score (nSPS) is 16.8. The zero-order chi connectivity index (χ0) is 21.9. The van der Waals surface area contributed by atoms with Crippen LogP contribution in [-0.2, 0) is 11.3 Å². The zero-order valence-corrected chi connectivity index (χ0v) is 18.0. The van der Waals surface area contributed by atoms with Crippen LogP contribution in [0.4, 0.5) is 0 Å². The fourth-order valence-corrected chi connectivity index (χ4v) is 3.86. The van der Waals surface area contributed by atoms with Crippen molar-refractivity contribution in [2.45, 2.75) is 51.6 Å². The summed E-state index contributed by atoms with van der Waals surface area (Å²) in [6.07, 6.45) is 4.45. The standard InChI is InChI=1S/C23H25N5O4/c1-14-2-5-19(26-24-14)22-17(23(32-28-22)16-3-4-16)13-31-21-7-6-18(25-27-21)20(29)12-15-8-10-30-11-9-15/h2,5-7,15-16H,3-4,8-13H2,1H3. The van der Waals surface area contributed by atoms with Gasteiger partial charge in [-0.15, -0.1) is 15.3 Å². The van der Waals surface area contributed by atoms with Crippen molar-refractivity contribution >= 4 is 5.78 Å². The molecule has 0 radical (unpaired) electrons. The van der Waals surface area contributed by atoms with Crippen molar-refractivity contribution in [2.24, 2.45) is 5.92 Å². The average molecular weight is 435 g/mol. The molecule has 2 fully saturated rings. The van der Waals surface area contributed by atoms with Gasteiger partial charge in [-0.25, -0.2) is 0 Å². The largest absolute Gasteiger partial charge is 0.472 e. The number of carbonyl (C=O) groups is 1. The Bertz CT molecular complexity index is 1070. The molecule has 0 amide bonds. The minimum atomic E-state index is 0.00577. The van der Waals surface area contributed by atoms with Crippen LogP contribution in [0.5, 0.6) is 5.88 Å². The monoisotopic (exact) mass is 435 g/mol. The molecule has 1 aliphatic carbocycles. The van der Waals surface area contributed by atoms with Crippen molar-refractivity contribution in [1.82, 2.24) is 25.6 Å². The zero-order valence-electron chi connectivity index (χ0n) is 18.0. The average Bonchev–Trinajstić information content (AvgIpc) is 3.58. The predicted molar refractivity (Wildman–Crippen MR) is 113 cm³/mol. The van der Waals surface area contributed by atoms with Gasteiger partial charge in [0.2, 0.25) is 5.88 Å². The van der Waals surface area contributed by atoms with Crippen molar-refractivity contribution < 1.29 is 18.8 Å². The molecule has 9 nitrogen and oxygen atoms in total. The smallest absolute Gasteiger partial charge is 0.233 e. The van der Waals surface area contributed by atoms with E-state index < -0.39 is 0 Å². The second-order valence-corrected chi connectivity index (χ2v) is 8.44. The first-order chi connectivity index (χ1) is 15.7. The Labute approximate surface area is 185 Å². The lowest BCUT2D eigenvalue weighted by Gasteiger charge is -2.20. The Morgan fingerprint density at radius 2 is 1.88 bits per heavy atom. The van der Waals surface area contributed by atoms with Gasteiger partial charge in [-0.3, -0.25) is 4.79 Å². The van der Waals surface area contributed by atoms with Crippen molar-refractivity contribution in [1.29, 1.82) is 0 Å². The van der Waals surface area contributed by atoms with Crippen LogP contribution in [0.15, 0.2) is 28.8 Å². The van der Waals surface area contributed by atoms with Crippen molar-refractivity contribution in [3.63, 3.8) is 0 Å². The number of aromatic nitrogens is 5. The molecule has 0 bridgehead atoms. The van der Waals surface area contributed by atoms with E-state index in [4.69, 9.17) is 14.0 Å². The molecule has 1 saturated heterocycles. The van der Waals surface area contributed by atoms with E-state index in [9.17, 15) is 4.79 Å². The van der Waals surface area contributed by atoms with Gasteiger partial charge < -0.3 is 14.0 Å². The Morgan fingerprint density at radius 1 is 1.03 bits per heavy atom. The van der Waals surface area contributed by atoms with Gasteiger partial charge in [-0.2, -0.15) is 5.10 Å². The topological polar surface area (TPSA) is 113 Å². The Kier molecular flexibility index (Phi) is 5.89. The molecule has 0 N–H and O–H groups in total. The van der Waals surface area contributed by atoms with Crippen LogP contribution in [0.3, 0.4) is 0 Å². The van der Waals surface area contributed by atoms with Gasteiger partial charge in [0.15, 0.2) is 5.78 Å². The highest BCUT2D eigenvalue weighted by Gasteiger charge is 2.33. The lowest BCUT2D eigenvalue weighted by atomic mass is 9.93. The maximum atomic E-state index is 12.5. The van der Waals surface area contributed by atoms with Crippen molar-refractivity contribution in [3.8, 4) is 17.3 Å². The highest BCUT2D eigenvalue weighted by molar-refractivity contribution is 5.94. The lowest BCUT2D eigenvalue weighted by Crippen LogP contribution is -2.19. The van der Waals surface area contributed by atoms with Gasteiger partial charge in [0.25, 0.3) is 0 Å². The Morgan fingerprint density at radius 3 is 2.56 bits per heavy atom. The second kappa shape index (κ2) is 9.12. The van der Waals surface area contributed by atoms with Crippen LogP contribution in [0, 0.1) is 12.8 Å². The summed E-state index contributed by atoms with van der Waals surface area (Å²) in [5.41, 5.74) is 3.33. The van der Waals surface area contributed by atoms with Crippen molar-refractivity contribution in [3.05, 3.63) is 47.0 Å². The van der Waals surface area contributed by atoms with Gasteiger partial charge >= 0.3 is 0 Å². The van der Waals surface area contributed by atoms with Gasteiger partial charge in [-0.1, -0.05) is 5.16 Å². The number of hydrogen-bond acceptors (Lipinski definition) is 9. The SMILES string of the molecule is Cc1ccc(-c2noc(C3CC3)c2COc2ccc(C(=O)CC3CCOCC3)nn2)nn1. The van der Waals surface area contributed by atoms with Gasteiger partial charge in [0.05, 0.1) is 11.3 Å². The van der Waals surface area contributed by atoms with Gasteiger partial charge in [0.1, 0.15) is 29.4 Å². The van der Waals surface area contributed by atoms with Crippen LogP contribution < -0.4 is 4.74 Å². The summed E-state index contributed by atoms with van der Waals surface area (Å²) in [6, 6.07) is 7.12.